The molecule has 1 aromatic rings. The van der Waals surface area contributed by atoms with Crippen LogP contribution >= 0.6 is 11.6 Å². The van der Waals surface area contributed by atoms with Crippen LogP contribution in [-0.4, -0.2) is 37.6 Å². The van der Waals surface area contributed by atoms with Gasteiger partial charge >= 0.3 is 5.97 Å². The molecular weight excluding hydrogens is 297 g/mol. The zero-order valence-corrected chi connectivity index (χ0v) is 13.6. The molecule has 0 atom stereocenters. The molecule has 1 aromatic carbocycles. The van der Waals surface area contributed by atoms with E-state index >= 15 is 0 Å². The van der Waals surface area contributed by atoms with E-state index in [1.165, 1.54) is 0 Å². The third-order valence-electron chi connectivity index (χ3n) is 2.67. The summed E-state index contributed by atoms with van der Waals surface area (Å²) in [5, 5.41) is 0.740. The fourth-order valence-corrected chi connectivity index (χ4v) is 1.64. The van der Waals surface area contributed by atoms with E-state index in [0.29, 0.717) is 24.2 Å². The number of nitrogens with zero attached hydrogens (tertiary/aromatic N) is 1. The molecule has 3 nitrogen and oxygen atoms in total. The van der Waals surface area contributed by atoms with E-state index in [-0.39, 0.29) is 18.4 Å². The number of hydrogen-bond acceptors (Lipinski definition) is 2. The van der Waals surface area contributed by atoms with Crippen molar-refractivity contribution in [3.63, 3.8) is 0 Å². The van der Waals surface area contributed by atoms with Crippen LogP contribution < -0.4 is 12.4 Å². The highest BCUT2D eigenvalue weighted by Crippen LogP contribution is 2.05. The Morgan fingerprint density at radius 1 is 1.30 bits per heavy atom. The molecule has 112 valence electrons. The topological polar surface area (TPSA) is 26.3 Å². The van der Waals surface area contributed by atoms with Gasteiger partial charge in [0.15, 0.2) is 6.54 Å². The Morgan fingerprint density at radius 3 is 2.45 bits per heavy atom. The van der Waals surface area contributed by atoms with Gasteiger partial charge in [-0.2, -0.15) is 0 Å². The fourth-order valence-electron chi connectivity index (χ4n) is 1.57. The van der Waals surface area contributed by atoms with Crippen molar-refractivity contribution in [1.29, 1.82) is 0 Å². The third-order valence-corrected chi connectivity index (χ3v) is 2.82. The van der Waals surface area contributed by atoms with Gasteiger partial charge in [-0.1, -0.05) is 41.9 Å². The Bertz CT molecular complexity index is 440. The molecule has 1 rings (SSSR count). The number of allylic oxidation sites excluding steroid dienone is 1. The summed E-state index contributed by atoms with van der Waals surface area (Å²) in [6, 6.07) is 9.67. The second kappa shape index (κ2) is 9.01. The molecule has 0 aliphatic rings. The first-order valence-electron chi connectivity index (χ1n) is 6.23. The van der Waals surface area contributed by atoms with Crippen LogP contribution in [0.15, 0.2) is 41.4 Å². The van der Waals surface area contributed by atoms with E-state index in [1.807, 2.05) is 57.4 Å². The number of carbonyl (C=O) groups is 1. The first kappa shape index (κ1) is 19.0. The van der Waals surface area contributed by atoms with E-state index < -0.39 is 0 Å². The minimum absolute atomic E-state index is 0. The maximum absolute atomic E-state index is 11.8. The van der Waals surface area contributed by atoms with Crippen molar-refractivity contribution in [2.24, 2.45) is 0 Å². The van der Waals surface area contributed by atoms with Crippen LogP contribution in [0.1, 0.15) is 12.5 Å². The summed E-state index contributed by atoms with van der Waals surface area (Å²) >= 11 is 5.80. The van der Waals surface area contributed by atoms with Crippen LogP contribution in [0, 0.1) is 0 Å². The van der Waals surface area contributed by atoms with Gasteiger partial charge in [-0.05, 0) is 18.6 Å². The molecule has 0 unspecified atom stereocenters. The lowest BCUT2D eigenvalue weighted by molar-refractivity contribution is -0.877. The summed E-state index contributed by atoms with van der Waals surface area (Å²) in [6.07, 6.45) is 1.91. The summed E-state index contributed by atoms with van der Waals surface area (Å²) in [5.74, 6) is -0.200. The highest BCUT2D eigenvalue weighted by molar-refractivity contribution is 6.29. The van der Waals surface area contributed by atoms with Crippen molar-refractivity contribution in [3.8, 4) is 0 Å². The van der Waals surface area contributed by atoms with E-state index in [2.05, 4.69) is 0 Å². The monoisotopic (exact) mass is 317 g/mol. The normalized spacial score (nSPS) is 11.7. The van der Waals surface area contributed by atoms with Crippen molar-refractivity contribution in [3.05, 3.63) is 47.0 Å². The van der Waals surface area contributed by atoms with Crippen LogP contribution in [0.2, 0.25) is 0 Å². The first-order chi connectivity index (χ1) is 8.89. The van der Waals surface area contributed by atoms with Crippen molar-refractivity contribution in [2.45, 2.75) is 13.5 Å². The van der Waals surface area contributed by atoms with Crippen molar-refractivity contribution in [2.75, 3.05) is 27.2 Å². The molecule has 0 aliphatic heterocycles. The molecule has 0 fully saturated rings. The van der Waals surface area contributed by atoms with Crippen LogP contribution in [0.25, 0.3) is 0 Å². The van der Waals surface area contributed by atoms with Gasteiger partial charge in [-0.25, -0.2) is 4.79 Å². The average Bonchev–Trinajstić information content (AvgIpc) is 2.35. The van der Waals surface area contributed by atoms with Crippen LogP contribution in [-0.2, 0) is 16.1 Å². The quantitative estimate of drug-likeness (QED) is 0.543. The number of ether oxygens (including phenoxy) is 1. The molecule has 0 saturated carbocycles. The SMILES string of the molecule is CC(Cl)=CC[N+](C)(C)CC(=O)OCc1ccccc1.[Cl-]. The second-order valence-electron chi connectivity index (χ2n) is 5.21. The number of likely N-dealkylation sites (N-methyl/N-ethyl adjacent to an activating group) is 1. The molecule has 5 heteroatoms. The Balaban J connectivity index is 0.00000361. The zero-order valence-electron chi connectivity index (χ0n) is 12.1. The first-order valence-corrected chi connectivity index (χ1v) is 6.61. The highest BCUT2D eigenvalue weighted by atomic mass is 35.5. The van der Waals surface area contributed by atoms with E-state index in [0.717, 1.165) is 10.6 Å². The molecular formula is C15H21Cl2NO2. The molecule has 0 bridgehead atoms. The van der Waals surface area contributed by atoms with Crippen LogP contribution in [0.4, 0.5) is 0 Å². The van der Waals surface area contributed by atoms with Gasteiger partial charge in [0, 0.05) is 5.03 Å². The number of halogens is 2. The van der Waals surface area contributed by atoms with E-state index in [9.17, 15) is 4.79 Å². The van der Waals surface area contributed by atoms with Crippen molar-refractivity contribution >= 4 is 17.6 Å². The maximum atomic E-state index is 11.8. The van der Waals surface area contributed by atoms with Crippen molar-refractivity contribution < 1.29 is 26.4 Å². The fraction of sp³-hybridized carbons (Fsp3) is 0.400. The Labute approximate surface area is 132 Å². The second-order valence-corrected chi connectivity index (χ2v) is 5.81. The molecule has 0 radical (unpaired) electrons. The number of hydrogen-bond donors (Lipinski definition) is 0. The zero-order chi connectivity index (χ0) is 14.3. The molecule has 0 heterocycles. The molecule has 0 aromatic heterocycles. The predicted octanol–water partition coefficient (Wildman–Crippen LogP) is -0.0472. The van der Waals surface area contributed by atoms with E-state index in [1.54, 1.807) is 0 Å². The number of benzene rings is 1. The van der Waals surface area contributed by atoms with Crippen LogP contribution in [0.5, 0.6) is 0 Å². The van der Waals surface area contributed by atoms with Gasteiger partial charge in [0.05, 0.1) is 20.6 Å². The molecule has 0 amide bonds. The number of carbonyl (C=O) groups excluding carboxylic acids is 1. The Kier molecular flexibility index (Phi) is 8.54. The Morgan fingerprint density at radius 2 is 1.90 bits per heavy atom. The van der Waals surface area contributed by atoms with Gasteiger partial charge in [-0.3, -0.25) is 0 Å². The molecule has 0 spiro atoms. The number of quaternary nitrogens is 1. The molecule has 0 aliphatic carbocycles. The summed E-state index contributed by atoms with van der Waals surface area (Å²) in [6.45, 7) is 3.18. The van der Waals surface area contributed by atoms with Gasteiger partial charge in [0.2, 0.25) is 0 Å². The summed E-state index contributed by atoms with van der Waals surface area (Å²) in [7, 11) is 3.94. The lowest BCUT2D eigenvalue weighted by Crippen LogP contribution is -3.00. The minimum Gasteiger partial charge on any atom is -1.00 e. The smallest absolute Gasteiger partial charge is 0.362 e. The van der Waals surface area contributed by atoms with Gasteiger partial charge < -0.3 is 21.6 Å². The predicted molar refractivity (Wildman–Crippen MR) is 77.7 cm³/mol. The van der Waals surface area contributed by atoms with Crippen molar-refractivity contribution in [1.82, 2.24) is 0 Å². The standard InChI is InChI=1S/C15H21ClNO2.ClH/c1-13(16)9-10-17(2,3)11-15(18)19-12-14-7-5-4-6-8-14;/h4-9H,10-12H2,1-3H3;1H/q+1;/p-1. The van der Waals surface area contributed by atoms with Gasteiger partial charge in [-0.15, -0.1) is 0 Å². The summed E-state index contributed by atoms with van der Waals surface area (Å²) in [5.41, 5.74) is 0.998. The number of esters is 1. The van der Waals surface area contributed by atoms with Crippen LogP contribution in [0.3, 0.4) is 0 Å². The minimum atomic E-state index is -0.200. The van der Waals surface area contributed by atoms with Gasteiger partial charge in [0.25, 0.3) is 0 Å². The summed E-state index contributed by atoms with van der Waals surface area (Å²) in [4.78, 5) is 11.8. The molecule has 0 saturated heterocycles. The lowest BCUT2D eigenvalue weighted by Gasteiger charge is -2.27. The molecule has 0 N–H and O–H groups in total. The highest BCUT2D eigenvalue weighted by Gasteiger charge is 2.19. The summed E-state index contributed by atoms with van der Waals surface area (Å²) < 4.78 is 5.79. The average molecular weight is 318 g/mol. The largest absolute Gasteiger partial charge is 1.00 e. The third kappa shape index (κ3) is 8.20. The number of rotatable bonds is 6. The van der Waals surface area contributed by atoms with Gasteiger partial charge in [0.1, 0.15) is 6.61 Å². The molecule has 20 heavy (non-hydrogen) atoms. The maximum Gasteiger partial charge on any atom is 0.362 e. The van der Waals surface area contributed by atoms with E-state index in [4.69, 9.17) is 16.3 Å². The Hall–Kier alpha value is -1.03. The lowest BCUT2D eigenvalue weighted by atomic mass is 10.2.